The third-order valence-corrected chi connectivity index (χ3v) is 3.76. The Bertz CT molecular complexity index is 498. The van der Waals surface area contributed by atoms with E-state index < -0.39 is 5.97 Å². The van der Waals surface area contributed by atoms with Crippen LogP contribution < -0.4 is 5.32 Å². The van der Waals surface area contributed by atoms with Crippen molar-refractivity contribution >= 4 is 11.9 Å². The molecule has 0 aromatic heterocycles. The number of carbonyl (C=O) groups excluding carboxylic acids is 1. The number of aliphatic carboxylic acids is 1. The molecule has 1 aliphatic rings. The lowest BCUT2D eigenvalue weighted by atomic mass is 9.87. The molecule has 1 aromatic rings. The molecule has 2 atom stereocenters. The normalized spacial score (nSPS) is 18.9. The summed E-state index contributed by atoms with van der Waals surface area (Å²) in [4.78, 5) is 22.6. The van der Waals surface area contributed by atoms with Crippen LogP contribution in [0.1, 0.15) is 49.8 Å². The minimum Gasteiger partial charge on any atom is -0.481 e. The molecule has 2 N–H and O–H groups in total. The summed E-state index contributed by atoms with van der Waals surface area (Å²) in [6.45, 7) is 1.79. The van der Waals surface area contributed by atoms with Crippen molar-refractivity contribution in [2.24, 2.45) is 5.92 Å². The van der Waals surface area contributed by atoms with Crippen molar-refractivity contribution < 1.29 is 14.7 Å². The molecule has 0 bridgehead atoms. The monoisotopic (exact) mass is 275 g/mol. The Morgan fingerprint density at radius 1 is 1.35 bits per heavy atom. The van der Waals surface area contributed by atoms with Gasteiger partial charge < -0.3 is 10.4 Å². The van der Waals surface area contributed by atoms with Gasteiger partial charge in [0.1, 0.15) is 0 Å². The standard InChI is InChI=1S/C16H21NO3/c1-11(10-16(19)20)9-15(18)17-14-8-4-6-12-5-2-3-7-13(12)14/h2-3,5,7,11,14H,4,6,8-10H2,1H3,(H,17,18)(H,19,20). The smallest absolute Gasteiger partial charge is 0.303 e. The number of carbonyl (C=O) groups is 2. The molecule has 20 heavy (non-hydrogen) atoms. The first-order valence-corrected chi connectivity index (χ1v) is 7.15. The van der Waals surface area contributed by atoms with E-state index in [4.69, 9.17) is 5.11 Å². The van der Waals surface area contributed by atoms with E-state index in [9.17, 15) is 9.59 Å². The minimum atomic E-state index is -0.853. The molecule has 2 rings (SSSR count). The number of amides is 1. The van der Waals surface area contributed by atoms with Crippen LogP contribution in [0.2, 0.25) is 0 Å². The first kappa shape index (κ1) is 14.6. The maximum atomic E-state index is 12.0. The van der Waals surface area contributed by atoms with Crippen LogP contribution in [0.15, 0.2) is 24.3 Å². The zero-order valence-electron chi connectivity index (χ0n) is 11.8. The fraction of sp³-hybridized carbons (Fsp3) is 0.500. The molecule has 4 nitrogen and oxygen atoms in total. The van der Waals surface area contributed by atoms with E-state index in [0.29, 0.717) is 0 Å². The van der Waals surface area contributed by atoms with Crippen LogP contribution in [-0.4, -0.2) is 17.0 Å². The van der Waals surface area contributed by atoms with Crippen LogP contribution in [0.5, 0.6) is 0 Å². The third-order valence-electron chi connectivity index (χ3n) is 3.76. The first-order chi connectivity index (χ1) is 9.56. The lowest BCUT2D eigenvalue weighted by Gasteiger charge is -2.26. The van der Waals surface area contributed by atoms with Crippen LogP contribution in [0.4, 0.5) is 0 Å². The Balaban J connectivity index is 1.94. The van der Waals surface area contributed by atoms with Crippen LogP contribution >= 0.6 is 0 Å². The number of carboxylic acids is 1. The van der Waals surface area contributed by atoms with Gasteiger partial charge in [0.2, 0.25) is 5.91 Å². The minimum absolute atomic E-state index is 0.0364. The van der Waals surface area contributed by atoms with Gasteiger partial charge in [-0.3, -0.25) is 9.59 Å². The number of carboxylic acid groups (broad SMARTS) is 1. The molecule has 0 heterocycles. The average molecular weight is 275 g/mol. The summed E-state index contributed by atoms with van der Waals surface area (Å²) in [5.41, 5.74) is 2.51. The molecule has 0 saturated carbocycles. The number of aryl methyl sites for hydroxylation is 1. The molecule has 0 fully saturated rings. The van der Waals surface area contributed by atoms with Crippen molar-refractivity contribution in [1.82, 2.24) is 5.32 Å². The predicted octanol–water partition coefficient (Wildman–Crippen LogP) is 2.68. The van der Waals surface area contributed by atoms with Gasteiger partial charge in [0, 0.05) is 12.8 Å². The summed E-state index contributed by atoms with van der Waals surface area (Å²) in [5, 5.41) is 11.8. The summed E-state index contributed by atoms with van der Waals surface area (Å²) in [7, 11) is 0. The molecule has 108 valence electrons. The van der Waals surface area contributed by atoms with E-state index >= 15 is 0 Å². The SMILES string of the molecule is CC(CC(=O)O)CC(=O)NC1CCCc2ccccc21. The van der Waals surface area contributed by atoms with Gasteiger partial charge in [-0.2, -0.15) is 0 Å². The average Bonchev–Trinajstić information content (AvgIpc) is 2.38. The summed E-state index contributed by atoms with van der Waals surface area (Å²) < 4.78 is 0. The lowest BCUT2D eigenvalue weighted by Crippen LogP contribution is -2.32. The molecule has 0 aliphatic heterocycles. The molecule has 0 spiro atoms. The maximum Gasteiger partial charge on any atom is 0.303 e. The van der Waals surface area contributed by atoms with Gasteiger partial charge in [0.25, 0.3) is 0 Å². The second-order valence-corrected chi connectivity index (χ2v) is 5.62. The highest BCUT2D eigenvalue weighted by Gasteiger charge is 2.22. The van der Waals surface area contributed by atoms with Gasteiger partial charge in [-0.25, -0.2) is 0 Å². The van der Waals surface area contributed by atoms with Gasteiger partial charge in [0.05, 0.1) is 6.04 Å². The topological polar surface area (TPSA) is 66.4 Å². The van der Waals surface area contributed by atoms with Crippen LogP contribution in [0.3, 0.4) is 0 Å². The van der Waals surface area contributed by atoms with Crippen LogP contribution in [-0.2, 0) is 16.0 Å². The third kappa shape index (κ3) is 3.83. The van der Waals surface area contributed by atoms with Gasteiger partial charge in [-0.15, -0.1) is 0 Å². The summed E-state index contributed by atoms with van der Waals surface area (Å²) >= 11 is 0. The highest BCUT2D eigenvalue weighted by Crippen LogP contribution is 2.29. The number of benzene rings is 1. The lowest BCUT2D eigenvalue weighted by molar-refractivity contribution is -0.138. The number of nitrogens with one attached hydrogen (secondary N) is 1. The molecule has 1 amide bonds. The van der Waals surface area contributed by atoms with E-state index in [1.54, 1.807) is 6.92 Å². The number of fused-ring (bicyclic) bond motifs is 1. The second-order valence-electron chi connectivity index (χ2n) is 5.62. The van der Waals surface area contributed by atoms with Crippen molar-refractivity contribution in [2.75, 3.05) is 0 Å². The second kappa shape index (κ2) is 6.55. The fourth-order valence-electron chi connectivity index (χ4n) is 2.84. The molecule has 0 radical (unpaired) electrons. The van der Waals surface area contributed by atoms with E-state index in [1.807, 2.05) is 12.1 Å². The highest BCUT2D eigenvalue weighted by atomic mass is 16.4. The fourth-order valence-corrected chi connectivity index (χ4v) is 2.84. The molecule has 0 saturated heterocycles. The molecular formula is C16H21NO3. The maximum absolute atomic E-state index is 12.0. The predicted molar refractivity (Wildman–Crippen MR) is 76.3 cm³/mol. The van der Waals surface area contributed by atoms with Crippen molar-refractivity contribution in [3.63, 3.8) is 0 Å². The Labute approximate surface area is 119 Å². The zero-order valence-corrected chi connectivity index (χ0v) is 11.8. The number of hydrogen-bond acceptors (Lipinski definition) is 2. The van der Waals surface area contributed by atoms with Crippen LogP contribution in [0, 0.1) is 5.92 Å². The molecule has 1 aliphatic carbocycles. The molecule has 1 aromatic carbocycles. The number of hydrogen-bond donors (Lipinski definition) is 2. The van der Waals surface area contributed by atoms with Crippen molar-refractivity contribution in [3.8, 4) is 0 Å². The quantitative estimate of drug-likeness (QED) is 0.868. The Hall–Kier alpha value is -1.84. The van der Waals surface area contributed by atoms with Gasteiger partial charge in [0.15, 0.2) is 0 Å². The highest BCUT2D eigenvalue weighted by molar-refractivity contribution is 5.77. The molecular weight excluding hydrogens is 254 g/mol. The van der Waals surface area contributed by atoms with Gasteiger partial charge in [-0.05, 0) is 36.3 Å². The van der Waals surface area contributed by atoms with E-state index in [0.717, 1.165) is 19.3 Å². The summed E-state index contributed by atoms with van der Waals surface area (Å²) in [6, 6.07) is 8.28. The first-order valence-electron chi connectivity index (χ1n) is 7.15. The molecule has 4 heteroatoms. The van der Waals surface area contributed by atoms with E-state index in [1.165, 1.54) is 11.1 Å². The van der Waals surface area contributed by atoms with Crippen molar-refractivity contribution in [2.45, 2.75) is 45.1 Å². The Kier molecular flexibility index (Phi) is 4.77. The van der Waals surface area contributed by atoms with Crippen molar-refractivity contribution in [1.29, 1.82) is 0 Å². The van der Waals surface area contributed by atoms with Crippen LogP contribution in [0.25, 0.3) is 0 Å². The van der Waals surface area contributed by atoms with E-state index in [-0.39, 0.29) is 30.7 Å². The Morgan fingerprint density at radius 3 is 2.85 bits per heavy atom. The van der Waals surface area contributed by atoms with Crippen molar-refractivity contribution in [3.05, 3.63) is 35.4 Å². The largest absolute Gasteiger partial charge is 0.481 e. The summed E-state index contributed by atoms with van der Waals surface area (Å²) in [5.74, 6) is -1.04. The van der Waals surface area contributed by atoms with Gasteiger partial charge >= 0.3 is 5.97 Å². The Morgan fingerprint density at radius 2 is 2.10 bits per heavy atom. The summed E-state index contributed by atoms with van der Waals surface area (Å²) in [6.07, 6.45) is 3.40. The molecule has 2 unspecified atom stereocenters. The zero-order chi connectivity index (χ0) is 14.5. The number of rotatable bonds is 5. The van der Waals surface area contributed by atoms with E-state index in [2.05, 4.69) is 17.4 Å². The van der Waals surface area contributed by atoms with Gasteiger partial charge in [-0.1, -0.05) is 31.2 Å².